The number of ether oxygens (including phenoxy) is 1. The van der Waals surface area contributed by atoms with E-state index in [0.29, 0.717) is 33.5 Å². The first-order valence-corrected chi connectivity index (χ1v) is 9.70. The molecule has 1 aromatic carbocycles. The van der Waals surface area contributed by atoms with E-state index in [1.807, 2.05) is 4.90 Å². The van der Waals surface area contributed by atoms with Gasteiger partial charge in [0.05, 0.1) is 5.75 Å². The average molecular weight is 381 g/mol. The second-order valence-corrected chi connectivity index (χ2v) is 7.41. The van der Waals surface area contributed by atoms with Crippen molar-refractivity contribution in [3.8, 4) is 5.75 Å². The molecule has 0 saturated carbocycles. The van der Waals surface area contributed by atoms with Crippen LogP contribution in [0.25, 0.3) is 0 Å². The molecule has 3 rings (SSSR count). The molecule has 1 aliphatic heterocycles. The summed E-state index contributed by atoms with van der Waals surface area (Å²) >= 11 is 7.19. The van der Waals surface area contributed by atoms with E-state index in [1.165, 1.54) is 18.2 Å². The number of carbonyl (C=O) groups excluding carboxylic acids is 1. The minimum atomic E-state index is 0.154. The van der Waals surface area contributed by atoms with E-state index in [9.17, 15) is 4.79 Å². The normalized spacial score (nSPS) is 17.5. The number of nitrogens with one attached hydrogen (secondary N) is 1. The SMILES string of the molecule is CC1CCCCN1C(=O)CSc1n[nH]c(COc2ccc(Cl)cc2)n1. The van der Waals surface area contributed by atoms with Crippen molar-refractivity contribution < 1.29 is 9.53 Å². The van der Waals surface area contributed by atoms with Crippen LogP contribution in [-0.4, -0.2) is 44.3 Å². The van der Waals surface area contributed by atoms with Gasteiger partial charge in [-0.05, 0) is 50.5 Å². The summed E-state index contributed by atoms with van der Waals surface area (Å²) in [5, 5.41) is 8.20. The number of carbonyl (C=O) groups is 1. The van der Waals surface area contributed by atoms with Gasteiger partial charge < -0.3 is 9.64 Å². The molecule has 2 heterocycles. The Hall–Kier alpha value is -1.73. The maximum absolute atomic E-state index is 12.3. The zero-order chi connectivity index (χ0) is 17.6. The number of aromatic amines is 1. The second-order valence-electron chi connectivity index (χ2n) is 6.03. The van der Waals surface area contributed by atoms with Crippen LogP contribution in [0, 0.1) is 0 Å². The number of aromatic nitrogens is 3. The highest BCUT2D eigenvalue weighted by Gasteiger charge is 2.23. The van der Waals surface area contributed by atoms with Gasteiger partial charge in [-0.3, -0.25) is 9.89 Å². The van der Waals surface area contributed by atoms with Crippen LogP contribution in [0.2, 0.25) is 5.02 Å². The molecule has 1 aromatic heterocycles. The fourth-order valence-electron chi connectivity index (χ4n) is 2.77. The largest absolute Gasteiger partial charge is 0.486 e. The summed E-state index contributed by atoms with van der Waals surface area (Å²) in [4.78, 5) is 18.7. The molecule has 1 fully saturated rings. The lowest BCUT2D eigenvalue weighted by molar-refractivity contribution is -0.131. The fourth-order valence-corrected chi connectivity index (χ4v) is 3.60. The quantitative estimate of drug-likeness (QED) is 0.776. The number of halogens is 1. The molecule has 0 aliphatic carbocycles. The lowest BCUT2D eigenvalue weighted by Gasteiger charge is -2.33. The maximum Gasteiger partial charge on any atom is 0.233 e. The van der Waals surface area contributed by atoms with Gasteiger partial charge in [0.15, 0.2) is 5.82 Å². The third kappa shape index (κ3) is 5.12. The molecule has 25 heavy (non-hydrogen) atoms. The summed E-state index contributed by atoms with van der Waals surface area (Å²) in [6.45, 7) is 3.25. The van der Waals surface area contributed by atoms with Gasteiger partial charge in [-0.2, -0.15) is 0 Å². The summed E-state index contributed by atoms with van der Waals surface area (Å²) in [6, 6.07) is 7.47. The number of H-pyrrole nitrogens is 1. The maximum atomic E-state index is 12.3. The van der Waals surface area contributed by atoms with E-state index in [1.54, 1.807) is 24.3 Å². The van der Waals surface area contributed by atoms with Gasteiger partial charge in [0, 0.05) is 17.6 Å². The van der Waals surface area contributed by atoms with Crippen LogP contribution < -0.4 is 4.74 Å². The first kappa shape index (κ1) is 18.1. The van der Waals surface area contributed by atoms with Crippen LogP contribution in [0.5, 0.6) is 5.75 Å². The number of benzene rings is 1. The highest BCUT2D eigenvalue weighted by Crippen LogP contribution is 2.20. The molecule has 1 saturated heterocycles. The first-order chi connectivity index (χ1) is 12.1. The van der Waals surface area contributed by atoms with Gasteiger partial charge in [-0.1, -0.05) is 23.4 Å². The Morgan fingerprint density at radius 1 is 1.40 bits per heavy atom. The summed E-state index contributed by atoms with van der Waals surface area (Å²) in [6.07, 6.45) is 3.38. The summed E-state index contributed by atoms with van der Waals surface area (Å²) in [5.41, 5.74) is 0. The molecule has 0 radical (unpaired) electrons. The van der Waals surface area contributed by atoms with Gasteiger partial charge >= 0.3 is 0 Å². The van der Waals surface area contributed by atoms with Gasteiger partial charge in [0.25, 0.3) is 0 Å². The average Bonchev–Trinajstić information content (AvgIpc) is 3.07. The van der Waals surface area contributed by atoms with Crippen molar-refractivity contribution in [2.45, 2.75) is 44.0 Å². The zero-order valence-electron chi connectivity index (χ0n) is 14.1. The Morgan fingerprint density at radius 2 is 2.20 bits per heavy atom. The van der Waals surface area contributed by atoms with Gasteiger partial charge in [0.2, 0.25) is 11.1 Å². The standard InChI is InChI=1S/C17H21ClN4O2S/c1-12-4-2-3-9-22(12)16(23)11-25-17-19-15(20-21-17)10-24-14-7-5-13(18)6-8-14/h5-8,12H,2-4,9-11H2,1H3,(H,19,20,21). The van der Waals surface area contributed by atoms with Crippen molar-refractivity contribution in [3.05, 3.63) is 35.1 Å². The number of amides is 1. The van der Waals surface area contributed by atoms with E-state index in [-0.39, 0.29) is 12.5 Å². The monoisotopic (exact) mass is 380 g/mol. The van der Waals surface area contributed by atoms with Crippen molar-refractivity contribution in [1.82, 2.24) is 20.1 Å². The van der Waals surface area contributed by atoms with Gasteiger partial charge in [0.1, 0.15) is 12.4 Å². The van der Waals surface area contributed by atoms with E-state index in [2.05, 4.69) is 22.1 Å². The minimum absolute atomic E-state index is 0.154. The van der Waals surface area contributed by atoms with E-state index >= 15 is 0 Å². The van der Waals surface area contributed by atoms with Gasteiger partial charge in [-0.15, -0.1) is 5.10 Å². The molecular weight excluding hydrogens is 360 g/mol. The molecular formula is C17H21ClN4O2S. The number of rotatable bonds is 6. The summed E-state index contributed by atoms with van der Waals surface area (Å²) in [7, 11) is 0. The van der Waals surface area contributed by atoms with Crippen molar-refractivity contribution in [2.75, 3.05) is 12.3 Å². The van der Waals surface area contributed by atoms with Crippen LogP contribution in [0.1, 0.15) is 32.0 Å². The molecule has 1 unspecified atom stereocenters. The summed E-state index contributed by atoms with van der Waals surface area (Å²) < 4.78 is 5.62. The zero-order valence-corrected chi connectivity index (χ0v) is 15.6. The minimum Gasteiger partial charge on any atom is -0.486 e. The predicted molar refractivity (Wildman–Crippen MR) is 97.9 cm³/mol. The van der Waals surface area contributed by atoms with Crippen molar-refractivity contribution >= 4 is 29.3 Å². The van der Waals surface area contributed by atoms with Crippen LogP contribution in [0.3, 0.4) is 0 Å². The number of hydrogen-bond acceptors (Lipinski definition) is 5. The highest BCUT2D eigenvalue weighted by atomic mass is 35.5. The third-order valence-corrected chi connectivity index (χ3v) is 5.23. The van der Waals surface area contributed by atoms with Crippen molar-refractivity contribution in [2.24, 2.45) is 0 Å². The Balaban J connectivity index is 1.46. The fraction of sp³-hybridized carbons (Fsp3) is 0.471. The number of thioether (sulfide) groups is 1. The van der Waals surface area contributed by atoms with Crippen molar-refractivity contribution in [1.29, 1.82) is 0 Å². The Bertz CT molecular complexity index is 707. The smallest absolute Gasteiger partial charge is 0.233 e. The molecule has 1 amide bonds. The number of hydrogen-bond donors (Lipinski definition) is 1. The number of nitrogens with zero attached hydrogens (tertiary/aromatic N) is 3. The Kier molecular flexibility index (Phi) is 6.20. The summed E-state index contributed by atoms with van der Waals surface area (Å²) in [5.74, 6) is 1.85. The third-order valence-electron chi connectivity index (χ3n) is 4.15. The van der Waals surface area contributed by atoms with Crippen LogP contribution >= 0.6 is 23.4 Å². The molecule has 0 bridgehead atoms. The molecule has 2 aromatic rings. The second kappa shape index (κ2) is 8.58. The van der Waals surface area contributed by atoms with Crippen molar-refractivity contribution in [3.63, 3.8) is 0 Å². The molecule has 0 spiro atoms. The molecule has 134 valence electrons. The van der Waals surface area contributed by atoms with E-state index < -0.39 is 0 Å². The Morgan fingerprint density at radius 3 is 2.96 bits per heavy atom. The number of piperidine rings is 1. The molecule has 1 N–H and O–H groups in total. The molecule has 8 heteroatoms. The topological polar surface area (TPSA) is 71.1 Å². The van der Waals surface area contributed by atoms with E-state index in [0.717, 1.165) is 19.4 Å². The van der Waals surface area contributed by atoms with Crippen LogP contribution in [0.15, 0.2) is 29.4 Å². The lowest BCUT2D eigenvalue weighted by atomic mass is 10.0. The Labute approximate surface area is 156 Å². The van der Waals surface area contributed by atoms with Crippen LogP contribution in [-0.2, 0) is 11.4 Å². The molecule has 1 atom stereocenters. The molecule has 6 nitrogen and oxygen atoms in total. The molecule has 1 aliphatic rings. The highest BCUT2D eigenvalue weighted by molar-refractivity contribution is 7.99. The van der Waals surface area contributed by atoms with E-state index in [4.69, 9.17) is 16.3 Å². The number of likely N-dealkylation sites (tertiary alicyclic amines) is 1. The first-order valence-electron chi connectivity index (χ1n) is 8.34. The lowest BCUT2D eigenvalue weighted by Crippen LogP contribution is -2.42. The van der Waals surface area contributed by atoms with Gasteiger partial charge in [-0.25, -0.2) is 4.98 Å². The predicted octanol–water partition coefficient (Wildman–Crippen LogP) is 3.53. The van der Waals surface area contributed by atoms with Crippen LogP contribution in [0.4, 0.5) is 0 Å².